The maximum absolute atomic E-state index is 14.0. The van der Waals surface area contributed by atoms with Gasteiger partial charge in [-0.2, -0.15) is 0 Å². The summed E-state index contributed by atoms with van der Waals surface area (Å²) in [6.45, 7) is 9.40. The minimum atomic E-state index is -1.25. The third-order valence-electron chi connectivity index (χ3n) is 23.0. The minimum absolute atomic E-state index is 0.0439. The van der Waals surface area contributed by atoms with Gasteiger partial charge in [-0.1, -0.05) is 282 Å². The maximum Gasteiger partial charge on any atom is 0.407 e. The second-order valence-corrected chi connectivity index (χ2v) is 32.6. The molecular weight excluding hydrogens is 1720 g/mol. The average molecular weight is 1840 g/mol. The molecular formula is C100H121ClN8O23. The zero-order chi connectivity index (χ0) is 92.9. The molecule has 132 heavy (non-hydrogen) atoms. The number of aliphatic hydroxyl groups excluding tert-OH is 1. The molecule has 4 aliphatic heterocycles. The Morgan fingerprint density at radius 3 is 1.02 bits per heavy atom. The number of benzene rings is 8. The Labute approximate surface area is 775 Å². The molecule has 8 aromatic rings. The predicted octanol–water partition coefficient (Wildman–Crippen LogP) is 17.7. The Hall–Kier alpha value is -10.9. The summed E-state index contributed by atoms with van der Waals surface area (Å²) in [6, 6.07) is 72.3. The quantitative estimate of drug-likeness (QED) is 0.00606. The van der Waals surface area contributed by atoms with Gasteiger partial charge in [0, 0.05) is 48.0 Å². The van der Waals surface area contributed by atoms with E-state index in [2.05, 4.69) is 30.7 Å². The van der Waals surface area contributed by atoms with Crippen LogP contribution < -0.4 is 10.6 Å². The summed E-state index contributed by atoms with van der Waals surface area (Å²) < 4.78 is 108. The fraction of sp³-hybridized carbons (Fsp3) is 0.470. The van der Waals surface area contributed by atoms with E-state index in [0.717, 1.165) is 65.5 Å². The molecule has 4 aliphatic rings. The zero-order valence-corrected chi connectivity index (χ0v) is 75.7. The van der Waals surface area contributed by atoms with Crippen molar-refractivity contribution in [1.29, 1.82) is 0 Å². The molecule has 3 N–H and O–H groups in total. The van der Waals surface area contributed by atoms with Crippen molar-refractivity contribution in [3.05, 3.63) is 308 Å². The highest BCUT2D eigenvalue weighted by molar-refractivity contribution is 6.26. The van der Waals surface area contributed by atoms with Crippen molar-refractivity contribution in [2.24, 2.45) is 22.1 Å². The van der Waals surface area contributed by atoms with E-state index >= 15 is 0 Å². The molecule has 0 aromatic heterocycles. The number of rotatable bonds is 48. The number of alkyl carbamates (subject to hydrolysis) is 2. The summed E-state index contributed by atoms with van der Waals surface area (Å²) in [7, 11) is 0. The molecule has 0 saturated carbocycles. The van der Waals surface area contributed by atoms with Crippen LogP contribution in [0.3, 0.4) is 0 Å². The Morgan fingerprint density at radius 2 is 0.682 bits per heavy atom. The number of hydrogen-bond donors (Lipinski definition) is 3. The van der Waals surface area contributed by atoms with Crippen LogP contribution in [0.2, 0.25) is 0 Å². The van der Waals surface area contributed by atoms with Gasteiger partial charge in [0.15, 0.2) is 37.4 Å². The van der Waals surface area contributed by atoms with Crippen molar-refractivity contribution in [3.8, 4) is 0 Å². The molecule has 12 rings (SSSR count). The van der Waals surface area contributed by atoms with Crippen molar-refractivity contribution < 1.29 is 110 Å². The number of carbonyl (C=O) groups excluding carboxylic acids is 5. The number of ether oxygens (including phenoxy) is 17. The number of hydrogen-bond acceptors (Lipinski definition) is 25. The molecule has 20 unspecified atom stereocenters. The van der Waals surface area contributed by atoms with Gasteiger partial charge >= 0.3 is 30.1 Å². The lowest BCUT2D eigenvalue weighted by molar-refractivity contribution is -0.348. The monoisotopic (exact) mass is 1840 g/mol. The molecule has 4 saturated heterocycles. The van der Waals surface area contributed by atoms with Gasteiger partial charge in [-0.3, -0.25) is 4.79 Å². The van der Waals surface area contributed by atoms with Crippen LogP contribution in [0.4, 0.5) is 9.59 Å². The highest BCUT2D eigenvalue weighted by atomic mass is 35.5. The van der Waals surface area contributed by atoms with Gasteiger partial charge < -0.3 is 96.3 Å². The van der Waals surface area contributed by atoms with Crippen LogP contribution in [0.1, 0.15) is 146 Å². The van der Waals surface area contributed by atoms with Gasteiger partial charge in [0.2, 0.25) is 0 Å². The van der Waals surface area contributed by atoms with Gasteiger partial charge in [-0.25, -0.2) is 19.2 Å². The summed E-state index contributed by atoms with van der Waals surface area (Å²) in [6.07, 6.45) is -9.94. The van der Waals surface area contributed by atoms with E-state index < -0.39 is 147 Å². The van der Waals surface area contributed by atoms with E-state index in [0.29, 0.717) is 50.8 Å². The third-order valence-corrected chi connectivity index (χ3v) is 23.2. The fourth-order valence-electron chi connectivity index (χ4n) is 16.0. The van der Waals surface area contributed by atoms with Gasteiger partial charge in [-0.05, 0) is 107 Å². The number of halogens is 1. The number of carbonyl (C=O) groups is 5. The third kappa shape index (κ3) is 31.9. The average Bonchev–Trinajstić information content (AvgIpc) is 0.770. The Morgan fingerprint density at radius 1 is 0.371 bits per heavy atom. The van der Waals surface area contributed by atoms with E-state index in [1.165, 1.54) is 0 Å². The van der Waals surface area contributed by atoms with Crippen LogP contribution >= 0.6 is 11.6 Å². The first-order chi connectivity index (χ1) is 64.6. The normalized spacial score (nSPS) is 25.0. The summed E-state index contributed by atoms with van der Waals surface area (Å²) in [5.74, 6) is -2.84. The first-order valence-corrected chi connectivity index (χ1v) is 45.8. The maximum atomic E-state index is 14.0. The molecule has 0 spiro atoms. The lowest BCUT2D eigenvalue weighted by Gasteiger charge is -2.49. The SMILES string of the molecule is CCC1OC(OC2C(CO)OC(OCCCCCCNC(=O)OCc3ccccc3)C(OC(=O)c3ccccc3)C2OCc2ccccc2)C(N=[N+]=[N-])C(OCc2ccccc2)C1C.CCC1OC(OC2C(COC(=O)CCl)OC(OCCCCCCNC(=O)OCc3ccccc3)C(OC(=O)c3ccccc3)C2OCc2ccccc2)C(N=[N+]=[N-])C(OCc2ccccc2)C1C. The Kier molecular flexibility index (Phi) is 43.3. The van der Waals surface area contributed by atoms with Crippen molar-refractivity contribution >= 4 is 41.7 Å². The van der Waals surface area contributed by atoms with Gasteiger partial charge in [0.1, 0.15) is 74.4 Å². The van der Waals surface area contributed by atoms with E-state index in [-0.39, 0.29) is 83.0 Å². The van der Waals surface area contributed by atoms with E-state index in [1.54, 1.807) is 60.7 Å². The van der Waals surface area contributed by atoms with Crippen LogP contribution in [0, 0.1) is 11.8 Å². The second-order valence-electron chi connectivity index (χ2n) is 32.4. The van der Waals surface area contributed by atoms with E-state index in [9.17, 15) is 40.1 Å². The van der Waals surface area contributed by atoms with Gasteiger partial charge in [0.25, 0.3) is 0 Å². The van der Waals surface area contributed by atoms with E-state index in [4.69, 9.17) is 92.1 Å². The summed E-state index contributed by atoms with van der Waals surface area (Å²) in [5, 5.41) is 24.9. The summed E-state index contributed by atoms with van der Waals surface area (Å²) in [5.41, 5.74) is 25.7. The number of nitrogens with zero attached hydrogens (tertiary/aromatic N) is 6. The number of aliphatic hydroxyl groups is 1. The Balaban J connectivity index is 0.000000255. The minimum Gasteiger partial charge on any atom is -0.462 e. The molecule has 20 atom stereocenters. The number of amides is 2. The topological polar surface area (TPSA) is 384 Å². The first-order valence-electron chi connectivity index (χ1n) is 45.3. The highest BCUT2D eigenvalue weighted by Gasteiger charge is 2.56. The molecule has 0 aliphatic carbocycles. The van der Waals surface area contributed by atoms with Crippen LogP contribution in [-0.2, 0) is 125 Å². The van der Waals surface area contributed by atoms with Crippen LogP contribution in [0.5, 0.6) is 0 Å². The molecule has 8 aromatic carbocycles. The summed E-state index contributed by atoms with van der Waals surface area (Å²) in [4.78, 5) is 71.2. The van der Waals surface area contributed by atoms with Crippen molar-refractivity contribution in [2.45, 2.75) is 242 Å². The predicted molar refractivity (Wildman–Crippen MR) is 487 cm³/mol. The number of alkyl halides is 1. The molecule has 2 amide bonds. The smallest absolute Gasteiger partial charge is 0.407 e. The summed E-state index contributed by atoms with van der Waals surface area (Å²) >= 11 is 5.89. The zero-order valence-electron chi connectivity index (χ0n) is 74.9. The molecule has 4 fully saturated rings. The lowest BCUT2D eigenvalue weighted by atomic mass is 9.87. The molecule has 4 heterocycles. The van der Waals surface area contributed by atoms with Crippen molar-refractivity contribution in [2.75, 3.05) is 45.4 Å². The number of unbranched alkanes of at least 4 members (excludes halogenated alkanes) is 6. The van der Waals surface area contributed by atoms with Gasteiger partial charge in [0.05, 0.1) is 68.6 Å². The highest BCUT2D eigenvalue weighted by Crippen LogP contribution is 2.41. The van der Waals surface area contributed by atoms with Crippen molar-refractivity contribution in [3.63, 3.8) is 0 Å². The largest absolute Gasteiger partial charge is 0.462 e. The molecule has 0 radical (unpaired) electrons. The van der Waals surface area contributed by atoms with Crippen molar-refractivity contribution in [1.82, 2.24) is 10.6 Å². The molecule has 31 nitrogen and oxygen atoms in total. The van der Waals surface area contributed by atoms with Crippen LogP contribution in [0.25, 0.3) is 20.9 Å². The number of nitrogens with one attached hydrogen (secondary N) is 2. The molecule has 32 heteroatoms. The molecule has 0 bridgehead atoms. The lowest BCUT2D eigenvalue weighted by Crippen LogP contribution is -2.65. The molecule has 706 valence electrons. The standard InChI is InChI=1S/C51H61ClN4O12.C49H60N4O11/c1-3-40-35(2)44(62-31-36-20-10-6-11-21-36)43(55-56-53)49(65-40)68-45-41(34-61-42(57)30-52)66-50(60-29-19-5-4-18-28-54-51(59)64-33-38-24-14-8-15-25-38)47(67-48(58)39-26-16-9-17-27-39)46(45)63-32-37-22-12-7-13-23-37;1-3-39-34(2)42(58-31-35-20-10-6-11-21-35)41(52-53-50)47(61-39)64-43-40(30-54)62-48(57-29-19-5-4-18-28-51-49(56)60-33-37-24-14-8-15-25-37)45(63-46(55)38-26-16-9-17-27-38)44(43)59-32-36-22-12-7-13-23-36/h6-17,20-27,35,40-41,43-47,49-50H,3-5,18-19,28-34H2,1-2H3,(H,54,59);6-17,20-27,34,39-45,47-48,54H,3-5,18-19,28-33H2,1-2H3,(H,51,56). The van der Waals surface area contributed by atoms with E-state index in [1.807, 2.05) is 210 Å². The number of esters is 3. The Bertz CT molecular complexity index is 4770. The first kappa shape index (κ1) is 102. The van der Waals surface area contributed by atoms with Gasteiger partial charge in [-0.15, -0.1) is 11.6 Å². The van der Waals surface area contributed by atoms with Crippen LogP contribution in [0.15, 0.2) is 253 Å². The number of azide groups is 2. The second kappa shape index (κ2) is 56.2. The van der Waals surface area contributed by atoms with Crippen LogP contribution in [-0.4, -0.2) is 191 Å². The fourth-order valence-corrected chi connectivity index (χ4v) is 16.1.